The van der Waals surface area contributed by atoms with E-state index in [2.05, 4.69) is 25.8 Å². The molecule has 1 amide bonds. The van der Waals surface area contributed by atoms with Gasteiger partial charge in [0.15, 0.2) is 5.82 Å². The van der Waals surface area contributed by atoms with Gasteiger partial charge in [0, 0.05) is 16.3 Å². The molecule has 29 heavy (non-hydrogen) atoms. The van der Waals surface area contributed by atoms with E-state index in [1.165, 1.54) is 0 Å². The molecule has 3 aromatic rings. The number of benzene rings is 2. The number of hydrogen-bond acceptors (Lipinski definition) is 6. The summed E-state index contributed by atoms with van der Waals surface area (Å²) < 4.78 is 24.9. The fourth-order valence-corrected chi connectivity index (χ4v) is 3.13. The lowest BCUT2D eigenvalue weighted by atomic mass is 10.1. The molecule has 10 heteroatoms. The van der Waals surface area contributed by atoms with E-state index in [0.717, 1.165) is 17.4 Å². The summed E-state index contributed by atoms with van der Waals surface area (Å²) in [6.07, 6.45) is 1.29. The Bertz CT molecular complexity index is 1090. The zero-order valence-electron chi connectivity index (χ0n) is 15.4. The van der Waals surface area contributed by atoms with Crippen LogP contribution in [-0.4, -0.2) is 30.8 Å². The zero-order chi connectivity index (χ0) is 20.9. The molecule has 2 aromatic carbocycles. The molecular weight excluding hydrogens is 414 g/mol. The molecule has 0 saturated carbocycles. The number of anilines is 2. The Hall–Kier alpha value is -3.17. The van der Waals surface area contributed by atoms with Gasteiger partial charge in [-0.05, 0) is 42.0 Å². The van der Waals surface area contributed by atoms with E-state index in [1.54, 1.807) is 60.7 Å². The number of aromatic nitrogens is 2. The van der Waals surface area contributed by atoms with Gasteiger partial charge in [0.2, 0.25) is 15.9 Å². The van der Waals surface area contributed by atoms with Crippen molar-refractivity contribution < 1.29 is 13.2 Å². The van der Waals surface area contributed by atoms with Crippen LogP contribution in [0.3, 0.4) is 0 Å². The van der Waals surface area contributed by atoms with Crippen molar-refractivity contribution in [1.29, 1.82) is 0 Å². The first-order chi connectivity index (χ1) is 13.8. The van der Waals surface area contributed by atoms with E-state index in [9.17, 15) is 13.2 Å². The van der Waals surface area contributed by atoms with Crippen molar-refractivity contribution in [2.45, 2.75) is 6.42 Å². The van der Waals surface area contributed by atoms with Crippen LogP contribution in [-0.2, 0) is 21.2 Å². The summed E-state index contributed by atoms with van der Waals surface area (Å²) in [5.41, 5.74) is 7.95. The summed E-state index contributed by atoms with van der Waals surface area (Å²) in [6.45, 7) is 0. The van der Waals surface area contributed by atoms with Gasteiger partial charge in [-0.1, -0.05) is 35.9 Å². The van der Waals surface area contributed by atoms with Gasteiger partial charge in [-0.15, -0.1) is 10.2 Å². The van der Waals surface area contributed by atoms with Crippen molar-refractivity contribution in [3.05, 3.63) is 71.2 Å². The van der Waals surface area contributed by atoms with Gasteiger partial charge < -0.3 is 0 Å². The molecule has 0 bridgehead atoms. The monoisotopic (exact) mass is 431 g/mol. The van der Waals surface area contributed by atoms with Crippen LogP contribution < -0.4 is 15.6 Å². The number of halogens is 1. The third-order valence-electron chi connectivity index (χ3n) is 3.76. The number of sulfonamides is 1. The molecule has 1 heterocycles. The summed E-state index contributed by atoms with van der Waals surface area (Å²) in [5.74, 6) is 0.153. The first-order valence-corrected chi connectivity index (χ1v) is 10.8. The quantitative estimate of drug-likeness (QED) is 0.496. The molecule has 0 unspecified atom stereocenters. The van der Waals surface area contributed by atoms with Crippen molar-refractivity contribution in [1.82, 2.24) is 15.6 Å². The van der Waals surface area contributed by atoms with E-state index in [-0.39, 0.29) is 12.3 Å². The summed E-state index contributed by atoms with van der Waals surface area (Å²) in [7, 11) is -3.32. The highest BCUT2D eigenvalue weighted by Crippen LogP contribution is 2.20. The number of nitrogens with zero attached hydrogens (tertiary/aromatic N) is 2. The van der Waals surface area contributed by atoms with Crippen LogP contribution in [0.1, 0.15) is 5.56 Å². The van der Waals surface area contributed by atoms with Crippen LogP contribution in [0.15, 0.2) is 60.7 Å². The molecule has 0 radical (unpaired) electrons. The molecule has 8 nitrogen and oxygen atoms in total. The van der Waals surface area contributed by atoms with Gasteiger partial charge in [0.05, 0.1) is 18.4 Å². The molecule has 0 aliphatic rings. The van der Waals surface area contributed by atoms with Gasteiger partial charge in [-0.2, -0.15) is 0 Å². The van der Waals surface area contributed by atoms with Gasteiger partial charge in [0.1, 0.15) is 0 Å². The summed E-state index contributed by atoms with van der Waals surface area (Å²) >= 11 is 5.82. The Morgan fingerprint density at radius 1 is 0.966 bits per heavy atom. The number of hydrazine groups is 1. The Labute approximate surface area is 173 Å². The topological polar surface area (TPSA) is 113 Å². The highest BCUT2D eigenvalue weighted by atomic mass is 35.5. The fourth-order valence-electron chi connectivity index (χ4n) is 2.44. The second kappa shape index (κ2) is 8.89. The summed E-state index contributed by atoms with van der Waals surface area (Å²) in [6, 6.07) is 17.2. The minimum absolute atomic E-state index is 0.198. The summed E-state index contributed by atoms with van der Waals surface area (Å²) in [4.78, 5) is 12.0. The first kappa shape index (κ1) is 20.6. The molecule has 0 aliphatic carbocycles. The van der Waals surface area contributed by atoms with Crippen molar-refractivity contribution in [2.24, 2.45) is 0 Å². The number of carbonyl (C=O) groups excluding carboxylic acids is 1. The highest BCUT2D eigenvalue weighted by molar-refractivity contribution is 7.92. The molecule has 0 spiro atoms. The lowest BCUT2D eigenvalue weighted by Crippen LogP contribution is -2.31. The minimum atomic E-state index is -3.32. The maximum Gasteiger partial charge on any atom is 0.242 e. The zero-order valence-corrected chi connectivity index (χ0v) is 17.0. The molecule has 0 aliphatic heterocycles. The highest BCUT2D eigenvalue weighted by Gasteiger charge is 2.06. The number of hydrogen-bond donors (Lipinski definition) is 3. The Morgan fingerprint density at radius 2 is 1.66 bits per heavy atom. The van der Waals surface area contributed by atoms with Crippen LogP contribution in [0, 0.1) is 0 Å². The smallest absolute Gasteiger partial charge is 0.242 e. The van der Waals surface area contributed by atoms with Crippen molar-refractivity contribution in [3.8, 4) is 11.3 Å². The van der Waals surface area contributed by atoms with Crippen molar-refractivity contribution in [3.63, 3.8) is 0 Å². The van der Waals surface area contributed by atoms with Gasteiger partial charge >= 0.3 is 0 Å². The van der Waals surface area contributed by atoms with E-state index < -0.39 is 10.0 Å². The molecule has 1 aromatic heterocycles. The molecule has 150 valence electrons. The van der Waals surface area contributed by atoms with Crippen LogP contribution in [0.4, 0.5) is 11.5 Å². The van der Waals surface area contributed by atoms with Crippen LogP contribution >= 0.6 is 11.6 Å². The molecule has 3 rings (SSSR count). The average molecular weight is 432 g/mol. The second-order valence-electron chi connectivity index (χ2n) is 6.23. The van der Waals surface area contributed by atoms with Gasteiger partial charge in [0.25, 0.3) is 0 Å². The Morgan fingerprint density at radius 3 is 2.24 bits per heavy atom. The lowest BCUT2D eigenvalue weighted by Gasteiger charge is -2.08. The van der Waals surface area contributed by atoms with Crippen molar-refractivity contribution >= 4 is 39.0 Å². The SMILES string of the molecule is CS(=O)(=O)Nc1ccc(-c2ccc(NNC(=O)Cc3ccc(Cl)cc3)nn2)cc1. The van der Waals surface area contributed by atoms with Gasteiger partial charge in [-0.25, -0.2) is 8.42 Å². The molecule has 3 N–H and O–H groups in total. The first-order valence-electron chi connectivity index (χ1n) is 8.50. The molecular formula is C19H18ClN5O3S. The third-order valence-corrected chi connectivity index (χ3v) is 4.61. The van der Waals surface area contributed by atoms with Crippen LogP contribution in [0.5, 0.6) is 0 Å². The van der Waals surface area contributed by atoms with Crippen LogP contribution in [0.2, 0.25) is 5.02 Å². The lowest BCUT2D eigenvalue weighted by molar-refractivity contribution is -0.119. The average Bonchev–Trinajstić information content (AvgIpc) is 2.68. The fraction of sp³-hybridized carbons (Fsp3) is 0.105. The predicted octanol–water partition coefficient (Wildman–Crippen LogP) is 2.85. The summed E-state index contributed by atoms with van der Waals surface area (Å²) in [5, 5.41) is 8.75. The standard InChI is InChI=1S/C19H18ClN5O3S/c1-29(27,28)25-16-8-4-14(5-9-16)17-10-11-18(22-21-17)23-24-19(26)12-13-2-6-15(20)7-3-13/h2-11,25H,12H2,1H3,(H,22,23)(H,24,26). The molecule has 0 fully saturated rings. The molecule has 0 atom stereocenters. The van der Waals surface area contributed by atoms with Crippen LogP contribution in [0.25, 0.3) is 11.3 Å². The minimum Gasteiger partial charge on any atom is -0.284 e. The normalized spacial score (nSPS) is 11.0. The van der Waals surface area contributed by atoms with Gasteiger partial charge in [-0.3, -0.25) is 20.4 Å². The van der Waals surface area contributed by atoms with E-state index >= 15 is 0 Å². The van der Waals surface area contributed by atoms with E-state index in [4.69, 9.17) is 11.6 Å². The maximum atomic E-state index is 12.0. The maximum absolute atomic E-state index is 12.0. The number of carbonyl (C=O) groups is 1. The van der Waals surface area contributed by atoms with E-state index in [1.807, 2.05) is 0 Å². The van der Waals surface area contributed by atoms with E-state index in [0.29, 0.717) is 22.2 Å². The second-order valence-corrected chi connectivity index (χ2v) is 8.42. The number of amides is 1. The Balaban J connectivity index is 1.55. The Kier molecular flexibility index (Phi) is 6.30. The third kappa shape index (κ3) is 6.44. The number of rotatable bonds is 7. The number of nitrogens with one attached hydrogen (secondary N) is 3. The largest absolute Gasteiger partial charge is 0.284 e. The van der Waals surface area contributed by atoms with Crippen molar-refractivity contribution in [2.75, 3.05) is 16.4 Å². The molecule has 0 saturated heterocycles. The predicted molar refractivity (Wildman–Crippen MR) is 113 cm³/mol.